The average molecular weight is 364 g/mol. The van der Waals surface area contributed by atoms with Crippen LogP contribution in [-0.4, -0.2) is 24.5 Å². The van der Waals surface area contributed by atoms with Crippen LogP contribution in [0.25, 0.3) is 10.2 Å². The van der Waals surface area contributed by atoms with Crippen molar-refractivity contribution in [1.82, 2.24) is 10.3 Å². The normalized spacial score (nSPS) is 10.8. The number of fused-ring (bicyclic) bond motifs is 1. The zero-order chi connectivity index (χ0) is 17.1. The number of benzene rings is 2. The molecule has 0 radical (unpaired) electrons. The molecule has 0 unspecified atom stereocenters. The predicted molar refractivity (Wildman–Crippen MR) is 96.1 cm³/mol. The van der Waals surface area contributed by atoms with Gasteiger partial charge in [0.2, 0.25) is 5.91 Å². The highest BCUT2D eigenvalue weighted by Gasteiger charge is 2.14. The predicted octanol–water partition coefficient (Wildman–Crippen LogP) is 3.84. The van der Waals surface area contributed by atoms with Gasteiger partial charge in [-0.05, 0) is 23.8 Å². The molecule has 1 N–H and O–H groups in total. The standard InChI is InChI=1S/C17H15ClFN3OS/c1-22(17-21-16-13(19)7-4-8-14(16)24-17)10-15(23)20-9-11-5-2-3-6-12(11)18/h2-8H,9-10H2,1H3,(H,20,23). The van der Waals surface area contributed by atoms with Crippen LogP contribution in [-0.2, 0) is 11.3 Å². The number of hydrogen-bond donors (Lipinski definition) is 1. The minimum absolute atomic E-state index is 0.131. The van der Waals surface area contributed by atoms with E-state index in [2.05, 4.69) is 10.3 Å². The smallest absolute Gasteiger partial charge is 0.239 e. The monoisotopic (exact) mass is 363 g/mol. The second-order valence-electron chi connectivity index (χ2n) is 5.31. The topological polar surface area (TPSA) is 45.2 Å². The third-order valence-corrected chi connectivity index (χ3v) is 5.00. The first-order valence-corrected chi connectivity index (χ1v) is 8.50. The van der Waals surface area contributed by atoms with E-state index in [4.69, 9.17) is 11.6 Å². The van der Waals surface area contributed by atoms with Crippen LogP contribution in [0.5, 0.6) is 0 Å². The molecule has 0 atom stereocenters. The average Bonchev–Trinajstić information content (AvgIpc) is 3.00. The van der Waals surface area contributed by atoms with E-state index in [1.54, 1.807) is 24.1 Å². The van der Waals surface area contributed by atoms with Crippen LogP contribution in [0.4, 0.5) is 9.52 Å². The highest BCUT2D eigenvalue weighted by Crippen LogP contribution is 2.29. The molecule has 3 rings (SSSR count). The molecular formula is C17H15ClFN3OS. The van der Waals surface area contributed by atoms with Crippen LogP contribution in [0.15, 0.2) is 42.5 Å². The number of carbonyl (C=O) groups is 1. The van der Waals surface area contributed by atoms with Crippen LogP contribution in [0.3, 0.4) is 0 Å². The molecule has 0 fully saturated rings. The van der Waals surface area contributed by atoms with Gasteiger partial charge in [-0.2, -0.15) is 0 Å². The molecule has 0 spiro atoms. The minimum atomic E-state index is -0.355. The summed E-state index contributed by atoms with van der Waals surface area (Å²) in [5.41, 5.74) is 1.19. The lowest BCUT2D eigenvalue weighted by atomic mass is 10.2. The van der Waals surface area contributed by atoms with Crippen LogP contribution in [0.2, 0.25) is 5.02 Å². The van der Waals surface area contributed by atoms with Crippen molar-refractivity contribution in [3.05, 3.63) is 58.9 Å². The molecule has 0 aliphatic rings. The molecule has 0 aliphatic carbocycles. The Morgan fingerprint density at radius 3 is 2.83 bits per heavy atom. The Morgan fingerprint density at radius 2 is 2.08 bits per heavy atom. The van der Waals surface area contributed by atoms with Gasteiger partial charge in [-0.25, -0.2) is 9.37 Å². The molecule has 3 aromatic rings. The third kappa shape index (κ3) is 3.66. The molecule has 124 valence electrons. The van der Waals surface area contributed by atoms with Gasteiger partial charge in [0, 0.05) is 18.6 Å². The first-order chi connectivity index (χ1) is 11.5. The molecule has 4 nitrogen and oxygen atoms in total. The Balaban J connectivity index is 1.63. The fourth-order valence-electron chi connectivity index (χ4n) is 2.24. The fourth-order valence-corrected chi connectivity index (χ4v) is 3.38. The summed E-state index contributed by atoms with van der Waals surface area (Å²) in [6, 6.07) is 12.2. The van der Waals surface area contributed by atoms with E-state index in [0.29, 0.717) is 22.2 Å². The van der Waals surface area contributed by atoms with Gasteiger partial charge in [-0.3, -0.25) is 4.79 Å². The van der Waals surface area contributed by atoms with Gasteiger partial charge in [0.05, 0.1) is 11.2 Å². The summed E-state index contributed by atoms with van der Waals surface area (Å²) >= 11 is 7.42. The van der Waals surface area contributed by atoms with Gasteiger partial charge in [-0.1, -0.05) is 47.2 Å². The number of rotatable bonds is 5. The van der Waals surface area contributed by atoms with Gasteiger partial charge in [0.1, 0.15) is 11.3 Å². The summed E-state index contributed by atoms with van der Waals surface area (Å²) in [6.07, 6.45) is 0. The molecule has 0 bridgehead atoms. The summed E-state index contributed by atoms with van der Waals surface area (Å²) in [7, 11) is 1.75. The van der Waals surface area contributed by atoms with Gasteiger partial charge < -0.3 is 10.2 Å². The van der Waals surface area contributed by atoms with Gasteiger partial charge in [0.15, 0.2) is 5.13 Å². The lowest BCUT2D eigenvalue weighted by Gasteiger charge is -2.15. The van der Waals surface area contributed by atoms with Crippen LogP contribution < -0.4 is 10.2 Å². The van der Waals surface area contributed by atoms with Crippen molar-refractivity contribution in [2.75, 3.05) is 18.5 Å². The Morgan fingerprint density at radius 1 is 1.29 bits per heavy atom. The first kappa shape index (κ1) is 16.7. The Bertz CT molecular complexity index is 883. The van der Waals surface area contributed by atoms with E-state index in [-0.39, 0.29) is 18.3 Å². The van der Waals surface area contributed by atoms with Crippen molar-refractivity contribution in [1.29, 1.82) is 0 Å². The molecule has 2 aromatic carbocycles. The van der Waals surface area contributed by atoms with E-state index < -0.39 is 0 Å². The number of amides is 1. The van der Waals surface area contributed by atoms with Crippen molar-refractivity contribution in [2.24, 2.45) is 0 Å². The van der Waals surface area contributed by atoms with Crippen molar-refractivity contribution in [3.63, 3.8) is 0 Å². The van der Waals surface area contributed by atoms with Gasteiger partial charge in [0.25, 0.3) is 0 Å². The fraction of sp³-hybridized carbons (Fsp3) is 0.176. The van der Waals surface area contributed by atoms with E-state index in [1.165, 1.54) is 17.4 Å². The summed E-state index contributed by atoms with van der Waals surface area (Å²) in [4.78, 5) is 18.1. The highest BCUT2D eigenvalue weighted by atomic mass is 35.5. The number of aromatic nitrogens is 1. The largest absolute Gasteiger partial charge is 0.350 e. The van der Waals surface area contributed by atoms with Crippen LogP contribution >= 0.6 is 22.9 Å². The van der Waals surface area contributed by atoms with E-state index in [1.807, 2.05) is 24.3 Å². The SMILES string of the molecule is CN(CC(=O)NCc1ccccc1Cl)c1nc2c(F)cccc2s1. The maximum Gasteiger partial charge on any atom is 0.239 e. The lowest BCUT2D eigenvalue weighted by Crippen LogP contribution is -2.34. The molecule has 0 saturated heterocycles. The van der Waals surface area contributed by atoms with E-state index >= 15 is 0 Å². The zero-order valence-corrected chi connectivity index (χ0v) is 14.5. The molecule has 7 heteroatoms. The summed E-state index contributed by atoms with van der Waals surface area (Å²) in [6.45, 7) is 0.493. The quantitative estimate of drug-likeness (QED) is 0.749. The van der Waals surface area contributed by atoms with Crippen molar-refractivity contribution in [3.8, 4) is 0 Å². The van der Waals surface area contributed by atoms with Gasteiger partial charge in [-0.15, -0.1) is 0 Å². The molecule has 24 heavy (non-hydrogen) atoms. The molecule has 1 amide bonds. The number of para-hydroxylation sites is 1. The lowest BCUT2D eigenvalue weighted by molar-refractivity contribution is -0.119. The minimum Gasteiger partial charge on any atom is -0.350 e. The maximum atomic E-state index is 13.7. The molecule has 1 heterocycles. The number of anilines is 1. The van der Waals surface area contributed by atoms with Gasteiger partial charge >= 0.3 is 0 Å². The summed E-state index contributed by atoms with van der Waals surface area (Å²) in [5.74, 6) is -0.510. The van der Waals surface area contributed by atoms with Crippen LogP contribution in [0.1, 0.15) is 5.56 Å². The third-order valence-electron chi connectivity index (χ3n) is 3.50. The number of thiazole rings is 1. The second-order valence-corrected chi connectivity index (χ2v) is 6.72. The Hall–Kier alpha value is -2.18. The van der Waals surface area contributed by atoms with E-state index in [9.17, 15) is 9.18 Å². The molecule has 0 aliphatic heterocycles. The number of halogens is 2. The van der Waals surface area contributed by atoms with Crippen LogP contribution in [0, 0.1) is 5.82 Å². The van der Waals surface area contributed by atoms with E-state index in [0.717, 1.165) is 10.3 Å². The van der Waals surface area contributed by atoms with Crippen molar-refractivity contribution in [2.45, 2.75) is 6.54 Å². The molecule has 1 aromatic heterocycles. The number of nitrogens with zero attached hydrogens (tertiary/aromatic N) is 2. The number of likely N-dealkylation sites (N-methyl/N-ethyl adjacent to an activating group) is 1. The highest BCUT2D eigenvalue weighted by molar-refractivity contribution is 7.22. The Kier molecular flexibility index (Phi) is 4.97. The van der Waals surface area contributed by atoms with Crippen molar-refractivity contribution < 1.29 is 9.18 Å². The number of carbonyl (C=O) groups excluding carboxylic acids is 1. The number of hydrogen-bond acceptors (Lipinski definition) is 4. The van der Waals surface area contributed by atoms with Crippen molar-refractivity contribution >= 4 is 44.2 Å². The number of nitrogens with one attached hydrogen (secondary N) is 1. The molecular weight excluding hydrogens is 349 g/mol. The Labute approximate surface area is 147 Å². The summed E-state index contributed by atoms with van der Waals surface area (Å²) < 4.78 is 14.5. The second kappa shape index (κ2) is 7.15. The molecule has 0 saturated carbocycles. The maximum absolute atomic E-state index is 13.7. The zero-order valence-electron chi connectivity index (χ0n) is 12.9. The first-order valence-electron chi connectivity index (χ1n) is 7.31. The summed E-state index contributed by atoms with van der Waals surface area (Å²) in [5, 5.41) is 4.04.